The minimum atomic E-state index is -0.940. The molecule has 37 heavy (non-hydrogen) atoms. The van der Waals surface area contributed by atoms with E-state index in [2.05, 4.69) is 38.4 Å². The number of rotatable bonds is 5. The number of aromatic carboxylic acids is 1. The predicted octanol–water partition coefficient (Wildman–Crippen LogP) is 8.69. The van der Waals surface area contributed by atoms with Gasteiger partial charge in [0.25, 0.3) is 0 Å². The van der Waals surface area contributed by atoms with Crippen molar-refractivity contribution in [1.82, 2.24) is 4.98 Å². The molecule has 6 rings (SSSR count). The number of benzene rings is 1. The number of nitrogens with zero attached hydrogens (tertiary/aromatic N) is 1. The lowest BCUT2D eigenvalue weighted by Crippen LogP contribution is -2.55. The molecule has 204 valence electrons. The second kappa shape index (κ2) is 10.6. The van der Waals surface area contributed by atoms with Crippen molar-refractivity contribution in [3.8, 4) is 0 Å². The van der Waals surface area contributed by atoms with Gasteiger partial charge in [-0.3, -0.25) is 0 Å². The summed E-state index contributed by atoms with van der Waals surface area (Å²) in [6.45, 7) is 7.77. The summed E-state index contributed by atoms with van der Waals surface area (Å²) in [4.78, 5) is 16.2. The minimum absolute atomic E-state index is 0.237. The van der Waals surface area contributed by atoms with Crippen LogP contribution in [-0.4, -0.2) is 22.3 Å². The summed E-state index contributed by atoms with van der Waals surface area (Å²) < 4.78 is 6.00. The highest BCUT2D eigenvalue weighted by atomic mass is 32.1. The molecule has 0 bridgehead atoms. The zero-order valence-corrected chi connectivity index (χ0v) is 24.2. The Hall–Kier alpha value is -1.49. The molecule has 0 saturated heterocycles. The highest BCUT2D eigenvalue weighted by Crippen LogP contribution is 2.69. The van der Waals surface area contributed by atoms with E-state index in [4.69, 9.17) is 4.42 Å². The summed E-state index contributed by atoms with van der Waals surface area (Å²) in [7, 11) is 0. The van der Waals surface area contributed by atoms with Gasteiger partial charge in [0.05, 0.1) is 5.56 Å². The maximum atomic E-state index is 11.6. The van der Waals surface area contributed by atoms with E-state index in [-0.39, 0.29) is 5.56 Å². The first-order chi connectivity index (χ1) is 17.8. The van der Waals surface area contributed by atoms with Crippen LogP contribution in [0.15, 0.2) is 22.6 Å². The van der Waals surface area contributed by atoms with Gasteiger partial charge in [0.15, 0.2) is 11.5 Å². The quantitative estimate of drug-likeness (QED) is 0.383. The minimum Gasteiger partial charge on any atom is -0.478 e. The van der Waals surface area contributed by atoms with Crippen molar-refractivity contribution in [1.29, 1.82) is 0 Å². The van der Waals surface area contributed by atoms with E-state index >= 15 is 0 Å². The topological polar surface area (TPSA) is 63.3 Å². The number of aryl methyl sites for hydroxylation is 1. The van der Waals surface area contributed by atoms with E-state index in [0.29, 0.717) is 27.8 Å². The molecule has 4 aliphatic rings. The van der Waals surface area contributed by atoms with E-state index in [1.165, 1.54) is 64.2 Å². The molecular weight excluding hydrogens is 478 g/mol. The Morgan fingerprint density at radius 1 is 1.05 bits per heavy atom. The summed E-state index contributed by atoms with van der Waals surface area (Å²) in [6.07, 6.45) is 17.9. The van der Waals surface area contributed by atoms with Gasteiger partial charge in [0.1, 0.15) is 5.52 Å². The summed E-state index contributed by atoms with van der Waals surface area (Å²) in [5.74, 6) is 5.14. The third-order valence-electron chi connectivity index (χ3n) is 11.9. The molecule has 0 spiro atoms. The summed E-state index contributed by atoms with van der Waals surface area (Å²) >= 11 is 3.53. The molecule has 4 aliphatic carbocycles. The molecule has 4 saturated carbocycles. The second-order valence-corrected chi connectivity index (χ2v) is 13.1. The van der Waals surface area contributed by atoms with Crippen LogP contribution in [0.4, 0.5) is 0 Å². The monoisotopic (exact) mass is 525 g/mol. The van der Waals surface area contributed by atoms with Crippen molar-refractivity contribution in [2.75, 3.05) is 6.26 Å². The highest BCUT2D eigenvalue weighted by Gasteiger charge is 2.61. The Morgan fingerprint density at radius 3 is 2.59 bits per heavy atom. The smallest absolute Gasteiger partial charge is 0.338 e. The largest absolute Gasteiger partial charge is 0.478 e. The van der Waals surface area contributed by atoms with Gasteiger partial charge in [-0.1, -0.05) is 46.1 Å². The number of fused-ring (bicyclic) bond motifs is 6. The van der Waals surface area contributed by atoms with Gasteiger partial charge in [-0.05, 0) is 116 Å². The van der Waals surface area contributed by atoms with E-state index < -0.39 is 5.97 Å². The molecular formula is C32H47NO3S. The van der Waals surface area contributed by atoms with Gasteiger partial charge in [0, 0.05) is 6.42 Å². The fourth-order valence-electron chi connectivity index (χ4n) is 10.2. The average molecular weight is 526 g/mol. The standard InChI is InChI=1S/C31H43NO3.CH4S/c1-4-19-18-22-24-13-11-20(12-14-27-32-28-21(29(33)34)8-7-10-26(28)35-27)30(24,2)17-15-25(22)31(3)16-6-5-9-23(19)31;1-2/h7-8,10,19-20,22-25H,4-6,9,11-18H2,1-3H3,(H,33,34);2H,1H3/t19-,20?,22?,23?,24?,25-,30?,31?;/m0./s1. The molecule has 4 fully saturated rings. The zero-order valence-electron chi connectivity index (χ0n) is 23.3. The number of thiol groups is 1. The maximum absolute atomic E-state index is 11.6. The van der Waals surface area contributed by atoms with Crippen molar-refractivity contribution in [3.05, 3.63) is 29.7 Å². The van der Waals surface area contributed by atoms with E-state index in [0.717, 1.165) is 48.3 Å². The normalized spacial score (nSPS) is 38.7. The van der Waals surface area contributed by atoms with Crippen molar-refractivity contribution < 1.29 is 14.3 Å². The number of carbonyl (C=O) groups is 1. The van der Waals surface area contributed by atoms with Gasteiger partial charge < -0.3 is 9.52 Å². The van der Waals surface area contributed by atoms with Crippen molar-refractivity contribution in [2.24, 2.45) is 46.3 Å². The molecule has 8 atom stereocenters. The van der Waals surface area contributed by atoms with Crippen LogP contribution in [0.2, 0.25) is 0 Å². The number of hydrogen-bond donors (Lipinski definition) is 2. The third-order valence-corrected chi connectivity index (χ3v) is 11.9. The van der Waals surface area contributed by atoms with Gasteiger partial charge in [-0.25, -0.2) is 9.78 Å². The average Bonchev–Trinajstić information content (AvgIpc) is 3.47. The van der Waals surface area contributed by atoms with Crippen molar-refractivity contribution in [2.45, 2.75) is 97.8 Å². The van der Waals surface area contributed by atoms with E-state index in [1.54, 1.807) is 18.4 Å². The lowest BCUT2D eigenvalue weighted by molar-refractivity contribution is -0.135. The predicted molar refractivity (Wildman–Crippen MR) is 153 cm³/mol. The van der Waals surface area contributed by atoms with E-state index in [9.17, 15) is 9.90 Å². The Bertz CT molecular complexity index is 1110. The number of carboxylic acid groups (broad SMARTS) is 1. The fraction of sp³-hybridized carbons (Fsp3) is 0.750. The van der Waals surface area contributed by atoms with Crippen LogP contribution < -0.4 is 0 Å². The Labute approximate surface area is 228 Å². The summed E-state index contributed by atoms with van der Waals surface area (Å²) in [5, 5.41) is 9.50. The van der Waals surface area contributed by atoms with Crippen LogP contribution in [0.5, 0.6) is 0 Å². The van der Waals surface area contributed by atoms with E-state index in [1.807, 2.05) is 6.07 Å². The van der Waals surface area contributed by atoms with Crippen LogP contribution >= 0.6 is 12.6 Å². The van der Waals surface area contributed by atoms with Crippen LogP contribution in [-0.2, 0) is 6.42 Å². The molecule has 4 nitrogen and oxygen atoms in total. The first kappa shape index (κ1) is 27.1. The van der Waals surface area contributed by atoms with Gasteiger partial charge in [-0.2, -0.15) is 12.6 Å². The molecule has 1 aromatic carbocycles. The van der Waals surface area contributed by atoms with Crippen LogP contribution in [0.3, 0.4) is 0 Å². The van der Waals surface area contributed by atoms with Gasteiger partial charge >= 0.3 is 5.97 Å². The number of carboxylic acids is 1. The summed E-state index contributed by atoms with van der Waals surface area (Å²) in [5.41, 5.74) is 2.35. The highest BCUT2D eigenvalue weighted by molar-refractivity contribution is 7.79. The molecule has 6 unspecified atom stereocenters. The van der Waals surface area contributed by atoms with Crippen LogP contribution in [0.1, 0.15) is 108 Å². The van der Waals surface area contributed by atoms with Crippen LogP contribution in [0.25, 0.3) is 11.1 Å². The maximum Gasteiger partial charge on any atom is 0.338 e. The molecule has 0 radical (unpaired) electrons. The Balaban J connectivity index is 0.00000137. The SMILES string of the molecule is CC[C@H]1CC2C3CCC(CCc4nc5c(C(=O)O)cccc5o4)C3(C)CC[C@@H]2C2(C)CCCCC12.CS. The molecule has 5 heteroatoms. The second-order valence-electron chi connectivity index (χ2n) is 13.1. The molecule has 1 aromatic heterocycles. The third kappa shape index (κ3) is 4.45. The lowest BCUT2D eigenvalue weighted by Gasteiger charge is -2.62. The number of aromatic nitrogens is 1. The van der Waals surface area contributed by atoms with Crippen LogP contribution in [0, 0.1) is 46.3 Å². The lowest BCUT2D eigenvalue weighted by atomic mass is 9.42. The van der Waals surface area contributed by atoms with Crippen molar-refractivity contribution in [3.63, 3.8) is 0 Å². The molecule has 0 amide bonds. The Kier molecular flexibility index (Phi) is 7.75. The molecule has 1 heterocycles. The zero-order chi connectivity index (χ0) is 26.4. The number of hydrogen-bond acceptors (Lipinski definition) is 4. The van der Waals surface area contributed by atoms with Crippen molar-refractivity contribution >= 4 is 29.7 Å². The van der Waals surface area contributed by atoms with Gasteiger partial charge in [-0.15, -0.1) is 0 Å². The Morgan fingerprint density at radius 2 is 1.84 bits per heavy atom. The van der Waals surface area contributed by atoms with Gasteiger partial charge in [0.2, 0.25) is 0 Å². The summed E-state index contributed by atoms with van der Waals surface area (Å²) in [6, 6.07) is 5.19. The molecule has 1 N–H and O–H groups in total. The first-order valence-electron chi connectivity index (χ1n) is 14.9. The fourth-order valence-corrected chi connectivity index (χ4v) is 10.2. The number of oxazole rings is 1. The molecule has 0 aliphatic heterocycles. The first-order valence-corrected chi connectivity index (χ1v) is 15.8. The molecule has 2 aromatic rings. The number of para-hydroxylation sites is 1.